The quantitative estimate of drug-likeness (QED) is 0.222. The Hall–Kier alpha value is -3.18. The molecule has 3 rings (SSSR count). The largest absolute Gasteiger partial charge is 0.466 e. The van der Waals surface area contributed by atoms with Crippen LogP contribution in [0.25, 0.3) is 0 Å². The second-order valence-electron chi connectivity index (χ2n) is 9.02. The number of aromatic amines is 1. The maximum Gasteiger partial charge on any atom is 0.438 e. The number of rotatable bonds is 12. The number of nitrogens with one attached hydrogen (secondary N) is 1. The highest BCUT2D eigenvalue weighted by Crippen LogP contribution is 2.43. The van der Waals surface area contributed by atoms with E-state index in [1.54, 1.807) is 25.1 Å². The Morgan fingerprint density at radius 2 is 2.14 bits per heavy atom. The van der Waals surface area contributed by atoms with Crippen LogP contribution in [0, 0.1) is 0 Å². The summed E-state index contributed by atoms with van der Waals surface area (Å²) in [5, 5.41) is 3.52. The summed E-state index contributed by atoms with van der Waals surface area (Å²) in [4.78, 5) is 18.1. The molecule has 2 aromatic rings. The molecule has 0 spiro atoms. The highest BCUT2D eigenvalue weighted by Gasteiger charge is 2.38. The van der Waals surface area contributed by atoms with Crippen molar-refractivity contribution in [2.45, 2.75) is 64.4 Å². The standard InChI is InChI=1S/C26H32F3N3O5/c1-16(9-11-35-14-23-31-25(33)37-32-23)21(17(2)18(3)27)12-20-7-8-22(36-15-34-4)24(30-20)19-6-5-10-26(28,29)13-19/h7-9,19H,3,5-6,10-15H2,1-2,4H3,(H,31,32,33)/b16-9-,21-17-. The molecule has 0 amide bonds. The van der Waals surface area contributed by atoms with Crippen LogP contribution in [0.15, 0.2) is 56.7 Å². The minimum absolute atomic E-state index is 0.0310. The Bertz CT molecular complexity index is 1200. The Balaban J connectivity index is 1.83. The monoisotopic (exact) mass is 523 g/mol. The van der Waals surface area contributed by atoms with E-state index in [1.807, 2.05) is 6.92 Å². The van der Waals surface area contributed by atoms with Crippen molar-refractivity contribution in [3.8, 4) is 5.75 Å². The fourth-order valence-electron chi connectivity index (χ4n) is 4.24. The smallest absolute Gasteiger partial charge is 0.438 e. The third kappa shape index (κ3) is 8.16. The number of aromatic nitrogens is 3. The topological polar surface area (TPSA) is 99.5 Å². The van der Waals surface area contributed by atoms with Crippen LogP contribution in [-0.4, -0.2) is 41.6 Å². The lowest BCUT2D eigenvalue weighted by molar-refractivity contribution is -0.0417. The van der Waals surface area contributed by atoms with Crippen LogP contribution >= 0.6 is 0 Å². The van der Waals surface area contributed by atoms with Crippen LogP contribution in [0.5, 0.6) is 5.75 Å². The first-order chi connectivity index (χ1) is 17.6. The van der Waals surface area contributed by atoms with Gasteiger partial charge in [-0.1, -0.05) is 17.8 Å². The van der Waals surface area contributed by atoms with E-state index in [9.17, 15) is 18.0 Å². The molecule has 37 heavy (non-hydrogen) atoms. The van der Waals surface area contributed by atoms with E-state index in [4.69, 9.17) is 19.2 Å². The van der Waals surface area contributed by atoms with Crippen LogP contribution in [0.2, 0.25) is 0 Å². The first-order valence-electron chi connectivity index (χ1n) is 11.9. The van der Waals surface area contributed by atoms with Gasteiger partial charge < -0.3 is 14.2 Å². The molecule has 11 heteroatoms. The van der Waals surface area contributed by atoms with E-state index in [2.05, 4.69) is 21.2 Å². The minimum Gasteiger partial charge on any atom is -0.466 e. The van der Waals surface area contributed by atoms with E-state index in [0.29, 0.717) is 41.1 Å². The number of alkyl halides is 2. The van der Waals surface area contributed by atoms with Gasteiger partial charge in [-0.25, -0.2) is 18.0 Å². The molecule has 8 nitrogen and oxygen atoms in total. The Morgan fingerprint density at radius 1 is 1.35 bits per heavy atom. The van der Waals surface area contributed by atoms with Crippen molar-refractivity contribution in [2.24, 2.45) is 0 Å². The summed E-state index contributed by atoms with van der Waals surface area (Å²) in [6.07, 6.45) is 2.53. The van der Waals surface area contributed by atoms with Crippen LogP contribution < -0.4 is 10.5 Å². The summed E-state index contributed by atoms with van der Waals surface area (Å²) >= 11 is 0. The molecule has 1 aliphatic carbocycles. The minimum atomic E-state index is -2.76. The average molecular weight is 524 g/mol. The van der Waals surface area contributed by atoms with Crippen LogP contribution in [0.3, 0.4) is 0 Å². The van der Waals surface area contributed by atoms with Gasteiger partial charge in [0.2, 0.25) is 5.92 Å². The Labute approximate surface area is 213 Å². The molecule has 0 radical (unpaired) electrons. The predicted octanol–water partition coefficient (Wildman–Crippen LogP) is 5.54. The Kier molecular flexibility index (Phi) is 9.87. The molecule has 1 atom stereocenters. The molecular weight excluding hydrogens is 491 g/mol. The van der Waals surface area contributed by atoms with E-state index in [-0.39, 0.29) is 45.1 Å². The summed E-state index contributed by atoms with van der Waals surface area (Å²) in [6.45, 7) is 7.01. The third-order valence-corrected chi connectivity index (χ3v) is 6.23. The van der Waals surface area contributed by atoms with Crippen molar-refractivity contribution in [1.29, 1.82) is 0 Å². The Morgan fingerprint density at radius 3 is 2.78 bits per heavy atom. The fraction of sp³-hybridized carbons (Fsp3) is 0.500. The van der Waals surface area contributed by atoms with Gasteiger partial charge in [-0.3, -0.25) is 14.5 Å². The van der Waals surface area contributed by atoms with Crippen molar-refractivity contribution in [3.63, 3.8) is 0 Å². The molecule has 2 aromatic heterocycles. The predicted molar refractivity (Wildman–Crippen MR) is 130 cm³/mol. The summed E-state index contributed by atoms with van der Waals surface area (Å²) in [5.41, 5.74) is 2.76. The lowest BCUT2D eigenvalue weighted by Crippen LogP contribution is -2.26. The van der Waals surface area contributed by atoms with Gasteiger partial charge in [-0.05, 0) is 55.5 Å². The molecule has 0 aromatic carbocycles. The highest BCUT2D eigenvalue weighted by molar-refractivity contribution is 5.43. The molecule has 1 fully saturated rings. The third-order valence-electron chi connectivity index (χ3n) is 6.23. The number of halogens is 3. The maximum absolute atomic E-state index is 14.2. The van der Waals surface area contributed by atoms with Crippen LogP contribution in [-0.2, 0) is 22.5 Å². The SMILES string of the molecule is C=C(F)/C(C)=C(Cc1ccc(OCOC)c(C2CCCC(F)(F)C2)n1)\C(C)=C/COCc1noc(=O)[nH]1. The lowest BCUT2D eigenvalue weighted by atomic mass is 9.83. The van der Waals surface area contributed by atoms with Gasteiger partial charge in [-0.15, -0.1) is 0 Å². The highest BCUT2D eigenvalue weighted by atomic mass is 19.3. The summed E-state index contributed by atoms with van der Waals surface area (Å²) < 4.78 is 63.1. The van der Waals surface area contributed by atoms with Gasteiger partial charge in [0, 0.05) is 38.0 Å². The number of pyridine rings is 1. The zero-order valence-corrected chi connectivity index (χ0v) is 21.2. The van der Waals surface area contributed by atoms with Gasteiger partial charge in [0.1, 0.15) is 18.2 Å². The molecule has 2 heterocycles. The number of allylic oxidation sites excluding steroid dienone is 4. The molecule has 1 saturated carbocycles. The maximum atomic E-state index is 14.2. The zero-order valence-electron chi connectivity index (χ0n) is 21.2. The summed E-state index contributed by atoms with van der Waals surface area (Å²) in [5.74, 6) is -3.83. The molecule has 1 unspecified atom stereocenters. The normalized spacial score (nSPS) is 18.4. The van der Waals surface area contributed by atoms with E-state index < -0.39 is 23.4 Å². The number of hydrogen-bond acceptors (Lipinski definition) is 7. The van der Waals surface area contributed by atoms with E-state index >= 15 is 0 Å². The van der Waals surface area contributed by atoms with Gasteiger partial charge >= 0.3 is 5.76 Å². The van der Waals surface area contributed by atoms with Gasteiger partial charge in [0.15, 0.2) is 12.6 Å². The fourth-order valence-corrected chi connectivity index (χ4v) is 4.24. The molecule has 0 aliphatic heterocycles. The van der Waals surface area contributed by atoms with Crippen molar-refractivity contribution in [1.82, 2.24) is 15.1 Å². The van der Waals surface area contributed by atoms with Crippen molar-refractivity contribution >= 4 is 0 Å². The van der Waals surface area contributed by atoms with Crippen LogP contribution in [0.1, 0.15) is 62.7 Å². The van der Waals surface area contributed by atoms with E-state index in [0.717, 1.165) is 5.57 Å². The van der Waals surface area contributed by atoms with Gasteiger partial charge in [0.25, 0.3) is 0 Å². The van der Waals surface area contributed by atoms with Gasteiger partial charge in [0.05, 0.1) is 12.3 Å². The summed E-state index contributed by atoms with van der Waals surface area (Å²) in [6, 6.07) is 3.43. The first-order valence-corrected chi connectivity index (χ1v) is 11.9. The van der Waals surface area contributed by atoms with Crippen molar-refractivity contribution < 1.29 is 31.9 Å². The number of nitrogens with zero attached hydrogens (tertiary/aromatic N) is 2. The van der Waals surface area contributed by atoms with Crippen LogP contribution in [0.4, 0.5) is 13.2 Å². The molecule has 202 valence electrons. The molecular formula is C26H32F3N3O5. The molecule has 1 N–H and O–H groups in total. The van der Waals surface area contributed by atoms with Gasteiger partial charge in [-0.2, -0.15) is 0 Å². The number of hydrogen-bond donors (Lipinski definition) is 1. The molecule has 1 aliphatic rings. The average Bonchev–Trinajstić information content (AvgIpc) is 3.27. The van der Waals surface area contributed by atoms with Crippen molar-refractivity contribution in [3.05, 3.63) is 75.1 Å². The number of H-pyrrole nitrogens is 1. The van der Waals surface area contributed by atoms with Crippen molar-refractivity contribution in [2.75, 3.05) is 20.5 Å². The number of ether oxygens (including phenoxy) is 3. The molecule has 0 bridgehead atoms. The number of methoxy groups -OCH3 is 1. The second-order valence-corrected chi connectivity index (χ2v) is 9.02. The zero-order chi connectivity index (χ0) is 27.0. The molecule has 0 saturated heterocycles. The second kappa shape index (κ2) is 12.9. The first kappa shape index (κ1) is 28.4. The van der Waals surface area contributed by atoms with E-state index in [1.165, 1.54) is 7.11 Å². The summed E-state index contributed by atoms with van der Waals surface area (Å²) in [7, 11) is 1.48. The lowest BCUT2D eigenvalue weighted by Gasteiger charge is -2.29.